The van der Waals surface area contributed by atoms with Crippen molar-refractivity contribution < 1.29 is 9.47 Å². The summed E-state index contributed by atoms with van der Waals surface area (Å²) in [6, 6.07) is 8.40. The molecule has 0 aliphatic carbocycles. The Kier molecular flexibility index (Phi) is 6.10. The second kappa shape index (κ2) is 7.85. The van der Waals surface area contributed by atoms with Gasteiger partial charge in [0.15, 0.2) is 0 Å². The summed E-state index contributed by atoms with van der Waals surface area (Å²) in [6.45, 7) is 5.21. The van der Waals surface area contributed by atoms with Gasteiger partial charge in [0.05, 0.1) is 13.2 Å². The van der Waals surface area contributed by atoms with Crippen molar-refractivity contribution in [3.05, 3.63) is 28.7 Å². The number of nitrogens with one attached hydrogen (secondary N) is 1. The standard InChI is InChI=1S/C14H21BrN2O2/c1-16-10-13-11-18-8-6-17(13)7-9-19-14-4-2-12(15)3-5-14/h2-5,13,16H,6-11H2,1H3. The summed E-state index contributed by atoms with van der Waals surface area (Å²) in [4.78, 5) is 2.43. The molecule has 4 nitrogen and oxygen atoms in total. The normalized spacial score (nSPS) is 20.4. The van der Waals surface area contributed by atoms with E-state index in [1.807, 2.05) is 31.3 Å². The maximum atomic E-state index is 5.77. The molecule has 0 spiro atoms. The van der Waals surface area contributed by atoms with E-state index in [1.165, 1.54) is 0 Å². The molecule has 1 saturated heterocycles. The number of benzene rings is 1. The van der Waals surface area contributed by atoms with Gasteiger partial charge in [-0.1, -0.05) is 15.9 Å². The van der Waals surface area contributed by atoms with Gasteiger partial charge < -0.3 is 14.8 Å². The first-order valence-corrected chi connectivity index (χ1v) is 7.43. The molecule has 1 aromatic carbocycles. The minimum Gasteiger partial charge on any atom is -0.492 e. The summed E-state index contributed by atoms with van der Waals surface area (Å²) in [5, 5.41) is 3.21. The topological polar surface area (TPSA) is 33.7 Å². The lowest BCUT2D eigenvalue weighted by Gasteiger charge is -2.35. The van der Waals surface area contributed by atoms with E-state index in [2.05, 4.69) is 26.1 Å². The van der Waals surface area contributed by atoms with E-state index in [1.54, 1.807) is 0 Å². The first-order valence-electron chi connectivity index (χ1n) is 6.64. The SMILES string of the molecule is CNCC1COCCN1CCOc1ccc(Br)cc1. The van der Waals surface area contributed by atoms with Crippen LogP contribution in [0.15, 0.2) is 28.7 Å². The highest BCUT2D eigenvalue weighted by Gasteiger charge is 2.21. The lowest BCUT2D eigenvalue weighted by molar-refractivity contribution is -0.0109. The molecule has 1 aliphatic heterocycles. The molecule has 1 unspecified atom stereocenters. The van der Waals surface area contributed by atoms with Crippen molar-refractivity contribution in [1.29, 1.82) is 0 Å². The van der Waals surface area contributed by atoms with Gasteiger partial charge in [-0.05, 0) is 31.3 Å². The first kappa shape index (κ1) is 14.8. The molecule has 1 aromatic rings. The Bertz CT molecular complexity index is 370. The molecule has 1 atom stereocenters. The van der Waals surface area contributed by atoms with Crippen molar-refractivity contribution in [3.8, 4) is 5.75 Å². The smallest absolute Gasteiger partial charge is 0.119 e. The Hall–Kier alpha value is -0.620. The zero-order chi connectivity index (χ0) is 13.5. The molecule has 0 bridgehead atoms. The van der Waals surface area contributed by atoms with Gasteiger partial charge in [-0.3, -0.25) is 4.90 Å². The van der Waals surface area contributed by atoms with Gasteiger partial charge in [0.2, 0.25) is 0 Å². The Morgan fingerprint density at radius 3 is 2.95 bits per heavy atom. The van der Waals surface area contributed by atoms with E-state index in [-0.39, 0.29) is 0 Å². The summed E-state index contributed by atoms with van der Waals surface area (Å²) in [5.41, 5.74) is 0. The number of likely N-dealkylation sites (N-methyl/N-ethyl adjacent to an activating group) is 1. The monoisotopic (exact) mass is 328 g/mol. The quantitative estimate of drug-likeness (QED) is 0.862. The van der Waals surface area contributed by atoms with Gasteiger partial charge in [-0.25, -0.2) is 0 Å². The van der Waals surface area contributed by atoms with Crippen molar-refractivity contribution in [2.45, 2.75) is 6.04 Å². The van der Waals surface area contributed by atoms with Gasteiger partial charge in [0.25, 0.3) is 0 Å². The lowest BCUT2D eigenvalue weighted by Crippen LogP contribution is -2.51. The van der Waals surface area contributed by atoms with Crippen LogP contribution >= 0.6 is 15.9 Å². The van der Waals surface area contributed by atoms with E-state index >= 15 is 0 Å². The number of halogens is 1. The fraction of sp³-hybridized carbons (Fsp3) is 0.571. The van der Waals surface area contributed by atoms with Crippen LogP contribution < -0.4 is 10.1 Å². The van der Waals surface area contributed by atoms with Crippen LogP contribution in [0.2, 0.25) is 0 Å². The molecule has 2 rings (SSSR count). The number of hydrogen-bond acceptors (Lipinski definition) is 4. The summed E-state index contributed by atoms with van der Waals surface area (Å²) in [7, 11) is 1.98. The predicted octanol–water partition coefficient (Wildman–Crippen LogP) is 1.75. The average Bonchev–Trinajstić information content (AvgIpc) is 2.43. The van der Waals surface area contributed by atoms with Crippen molar-refractivity contribution in [2.75, 3.05) is 46.5 Å². The maximum absolute atomic E-state index is 5.77. The highest BCUT2D eigenvalue weighted by atomic mass is 79.9. The van der Waals surface area contributed by atoms with Crippen molar-refractivity contribution in [2.24, 2.45) is 0 Å². The minimum atomic E-state index is 0.451. The summed E-state index contributed by atoms with van der Waals surface area (Å²) in [5.74, 6) is 0.918. The first-order chi connectivity index (χ1) is 9.29. The van der Waals surface area contributed by atoms with Crippen LogP contribution in [0.3, 0.4) is 0 Å². The van der Waals surface area contributed by atoms with Gasteiger partial charge in [0, 0.05) is 30.1 Å². The zero-order valence-corrected chi connectivity index (χ0v) is 12.9. The number of morpholine rings is 1. The summed E-state index contributed by atoms with van der Waals surface area (Å²) < 4.78 is 12.4. The second-order valence-corrected chi connectivity index (χ2v) is 5.54. The van der Waals surface area contributed by atoms with Crippen molar-refractivity contribution in [1.82, 2.24) is 10.2 Å². The molecule has 0 radical (unpaired) electrons. The molecule has 1 fully saturated rings. The third-order valence-corrected chi connectivity index (χ3v) is 3.78. The van der Waals surface area contributed by atoms with E-state index in [0.717, 1.165) is 43.1 Å². The molecular formula is C14H21BrN2O2. The summed E-state index contributed by atoms with van der Waals surface area (Å²) in [6.07, 6.45) is 0. The summed E-state index contributed by atoms with van der Waals surface area (Å²) >= 11 is 3.42. The number of nitrogens with zero attached hydrogens (tertiary/aromatic N) is 1. The van der Waals surface area contributed by atoms with Gasteiger partial charge in [-0.15, -0.1) is 0 Å². The van der Waals surface area contributed by atoms with Crippen LogP contribution in [0.4, 0.5) is 0 Å². The van der Waals surface area contributed by atoms with Crippen LogP contribution in [0, 0.1) is 0 Å². The van der Waals surface area contributed by atoms with Crippen LogP contribution in [-0.2, 0) is 4.74 Å². The average molecular weight is 329 g/mol. The Balaban J connectivity index is 1.75. The molecule has 19 heavy (non-hydrogen) atoms. The van der Waals surface area contributed by atoms with Crippen molar-refractivity contribution in [3.63, 3.8) is 0 Å². The predicted molar refractivity (Wildman–Crippen MR) is 79.7 cm³/mol. The molecule has 1 heterocycles. The van der Waals surface area contributed by atoms with Crippen molar-refractivity contribution >= 4 is 15.9 Å². The molecule has 0 aromatic heterocycles. The third kappa shape index (κ3) is 4.76. The Morgan fingerprint density at radius 1 is 1.42 bits per heavy atom. The van der Waals surface area contributed by atoms with Crippen LogP contribution in [-0.4, -0.2) is 57.4 Å². The third-order valence-electron chi connectivity index (χ3n) is 3.25. The molecule has 0 amide bonds. The minimum absolute atomic E-state index is 0.451. The molecule has 5 heteroatoms. The van der Waals surface area contributed by atoms with E-state index in [9.17, 15) is 0 Å². The van der Waals surface area contributed by atoms with Crippen LogP contribution in [0.5, 0.6) is 5.75 Å². The zero-order valence-electron chi connectivity index (χ0n) is 11.3. The molecule has 1 aliphatic rings. The van der Waals surface area contributed by atoms with E-state index in [4.69, 9.17) is 9.47 Å². The highest BCUT2D eigenvalue weighted by molar-refractivity contribution is 9.10. The lowest BCUT2D eigenvalue weighted by atomic mass is 10.2. The molecular weight excluding hydrogens is 308 g/mol. The van der Waals surface area contributed by atoms with Crippen LogP contribution in [0.1, 0.15) is 0 Å². The molecule has 1 N–H and O–H groups in total. The molecule has 0 saturated carbocycles. The Labute approximate surface area is 123 Å². The highest BCUT2D eigenvalue weighted by Crippen LogP contribution is 2.16. The number of hydrogen-bond donors (Lipinski definition) is 1. The van der Waals surface area contributed by atoms with Gasteiger partial charge in [0.1, 0.15) is 12.4 Å². The van der Waals surface area contributed by atoms with Gasteiger partial charge in [-0.2, -0.15) is 0 Å². The maximum Gasteiger partial charge on any atom is 0.119 e. The number of rotatable bonds is 6. The fourth-order valence-electron chi connectivity index (χ4n) is 2.22. The fourth-order valence-corrected chi connectivity index (χ4v) is 2.48. The van der Waals surface area contributed by atoms with Crippen LogP contribution in [0.25, 0.3) is 0 Å². The number of ether oxygens (including phenoxy) is 2. The second-order valence-electron chi connectivity index (χ2n) is 4.62. The van der Waals surface area contributed by atoms with E-state index in [0.29, 0.717) is 12.6 Å². The Morgan fingerprint density at radius 2 is 2.21 bits per heavy atom. The molecule has 106 valence electrons. The van der Waals surface area contributed by atoms with Gasteiger partial charge >= 0.3 is 0 Å². The largest absolute Gasteiger partial charge is 0.492 e. The van der Waals surface area contributed by atoms with E-state index < -0.39 is 0 Å².